The van der Waals surface area contributed by atoms with Crippen molar-refractivity contribution in [3.63, 3.8) is 0 Å². The third kappa shape index (κ3) is 2.00. The Kier molecular flexibility index (Phi) is 2.94. The molecule has 0 amide bonds. The van der Waals surface area contributed by atoms with Gasteiger partial charge in [-0.15, -0.1) is 0 Å². The number of rotatable bonds is 1. The highest BCUT2D eigenvalue weighted by Gasteiger charge is 2.32. The highest BCUT2D eigenvalue weighted by atomic mass is 14.6. The Morgan fingerprint density at radius 3 is 3.06 bits per heavy atom. The van der Waals surface area contributed by atoms with Crippen molar-refractivity contribution >= 4 is 0 Å². The van der Waals surface area contributed by atoms with Crippen molar-refractivity contribution in [2.75, 3.05) is 0 Å². The number of hydrogen-bond donors (Lipinski definition) is 0. The first kappa shape index (κ1) is 10.3. The highest BCUT2D eigenvalue weighted by Crippen LogP contribution is 2.45. The fourth-order valence-electron chi connectivity index (χ4n) is 3.53. The molecule has 0 bridgehead atoms. The van der Waals surface area contributed by atoms with Gasteiger partial charge in [-0.1, -0.05) is 6.07 Å². The predicted octanol–water partition coefficient (Wildman–Crippen LogP) is 3.77. The van der Waals surface area contributed by atoms with Crippen LogP contribution in [0.4, 0.5) is 0 Å². The summed E-state index contributed by atoms with van der Waals surface area (Å²) in [4.78, 5) is 4.13. The van der Waals surface area contributed by atoms with Crippen LogP contribution in [0, 0.1) is 24.5 Å². The summed E-state index contributed by atoms with van der Waals surface area (Å²) in [5.74, 6) is 2.74. The van der Waals surface area contributed by atoms with Gasteiger partial charge in [-0.2, -0.15) is 0 Å². The molecule has 3 atom stereocenters. The Morgan fingerprint density at radius 1 is 1.19 bits per heavy atom. The van der Waals surface area contributed by atoms with Gasteiger partial charge in [-0.05, 0) is 74.3 Å². The van der Waals surface area contributed by atoms with Gasteiger partial charge in [0.2, 0.25) is 0 Å². The molecule has 1 nitrogen and oxygen atoms in total. The molecule has 1 heteroatoms. The predicted molar refractivity (Wildman–Crippen MR) is 64.8 cm³/mol. The summed E-state index contributed by atoms with van der Waals surface area (Å²) in [6.07, 6.45) is 15.7. The Hall–Kier alpha value is -0.850. The second-order valence-corrected chi connectivity index (χ2v) is 5.35. The SMILES string of the molecule is [c]1ccc(C2CC[C@H]3C[CH]CC[C@@H]3C2)cn1. The molecule has 16 heavy (non-hydrogen) atoms. The van der Waals surface area contributed by atoms with E-state index in [4.69, 9.17) is 0 Å². The van der Waals surface area contributed by atoms with Crippen molar-refractivity contribution in [3.8, 4) is 0 Å². The third-order valence-electron chi connectivity index (χ3n) is 4.46. The number of nitrogens with zero attached hydrogens (tertiary/aromatic N) is 1. The van der Waals surface area contributed by atoms with Crippen molar-refractivity contribution in [2.24, 2.45) is 11.8 Å². The van der Waals surface area contributed by atoms with E-state index in [1.54, 1.807) is 0 Å². The minimum atomic E-state index is 0.765. The fourth-order valence-corrected chi connectivity index (χ4v) is 3.53. The number of pyridine rings is 1. The van der Waals surface area contributed by atoms with Gasteiger partial charge in [0, 0.05) is 6.20 Å². The average Bonchev–Trinajstić information content (AvgIpc) is 2.39. The van der Waals surface area contributed by atoms with Crippen LogP contribution in [0.5, 0.6) is 0 Å². The van der Waals surface area contributed by atoms with Crippen molar-refractivity contribution in [1.29, 1.82) is 0 Å². The molecule has 0 aromatic carbocycles. The van der Waals surface area contributed by atoms with Crippen LogP contribution in [-0.4, -0.2) is 4.98 Å². The summed E-state index contributed by atoms with van der Waals surface area (Å²) in [6.45, 7) is 0. The number of fused-ring (bicyclic) bond motifs is 1. The van der Waals surface area contributed by atoms with Crippen molar-refractivity contribution < 1.29 is 0 Å². The molecular weight excluding hydrogens is 194 g/mol. The zero-order valence-electron chi connectivity index (χ0n) is 9.73. The summed E-state index contributed by atoms with van der Waals surface area (Å²) >= 11 is 0. The minimum absolute atomic E-state index is 0.765. The summed E-state index contributed by atoms with van der Waals surface area (Å²) < 4.78 is 0. The van der Waals surface area contributed by atoms with Gasteiger partial charge in [0.25, 0.3) is 0 Å². The molecule has 2 saturated carbocycles. The van der Waals surface area contributed by atoms with Crippen LogP contribution in [0.2, 0.25) is 0 Å². The number of hydrogen-bond acceptors (Lipinski definition) is 1. The van der Waals surface area contributed by atoms with Crippen LogP contribution in [0.15, 0.2) is 18.3 Å². The van der Waals surface area contributed by atoms with E-state index in [9.17, 15) is 0 Å². The van der Waals surface area contributed by atoms with Gasteiger partial charge in [-0.25, -0.2) is 0 Å². The van der Waals surface area contributed by atoms with E-state index in [1.807, 2.05) is 12.3 Å². The lowest BCUT2D eigenvalue weighted by atomic mass is 9.66. The zero-order chi connectivity index (χ0) is 10.8. The smallest absolute Gasteiger partial charge is 0.0886 e. The molecule has 1 heterocycles. The van der Waals surface area contributed by atoms with Crippen molar-refractivity contribution in [2.45, 2.75) is 44.4 Å². The maximum atomic E-state index is 4.13. The monoisotopic (exact) mass is 213 g/mol. The van der Waals surface area contributed by atoms with Crippen LogP contribution in [0.25, 0.3) is 0 Å². The van der Waals surface area contributed by atoms with E-state index in [2.05, 4.69) is 23.7 Å². The summed E-state index contributed by atoms with van der Waals surface area (Å²) in [5, 5.41) is 0. The fraction of sp³-hybridized carbons (Fsp3) is 0.600. The van der Waals surface area contributed by atoms with Gasteiger partial charge < -0.3 is 0 Å². The normalized spacial score (nSPS) is 34.4. The van der Waals surface area contributed by atoms with E-state index >= 15 is 0 Å². The van der Waals surface area contributed by atoms with Crippen LogP contribution in [0.1, 0.15) is 50.0 Å². The molecule has 1 aromatic rings. The quantitative estimate of drug-likeness (QED) is 0.692. The molecule has 0 saturated heterocycles. The first-order valence-electron chi connectivity index (χ1n) is 6.57. The second-order valence-electron chi connectivity index (χ2n) is 5.35. The highest BCUT2D eigenvalue weighted by molar-refractivity contribution is 5.15. The summed E-state index contributed by atoms with van der Waals surface area (Å²) in [6, 6.07) is 4.16. The molecule has 0 spiro atoms. The van der Waals surface area contributed by atoms with Gasteiger partial charge >= 0.3 is 0 Å². The minimum Gasteiger partial charge on any atom is -0.254 e. The molecule has 0 N–H and O–H groups in total. The van der Waals surface area contributed by atoms with Gasteiger partial charge in [-0.3, -0.25) is 4.98 Å². The lowest BCUT2D eigenvalue weighted by molar-refractivity contribution is 0.178. The van der Waals surface area contributed by atoms with Crippen molar-refractivity contribution in [3.05, 3.63) is 36.5 Å². The Bertz CT molecular complexity index is 333. The number of aromatic nitrogens is 1. The molecule has 1 unspecified atom stereocenters. The third-order valence-corrected chi connectivity index (χ3v) is 4.46. The lowest BCUT2D eigenvalue weighted by Crippen LogP contribution is -2.27. The Balaban J connectivity index is 1.71. The largest absolute Gasteiger partial charge is 0.254 e. The van der Waals surface area contributed by atoms with E-state index in [0.717, 1.165) is 17.8 Å². The lowest BCUT2D eigenvalue weighted by Gasteiger charge is -2.39. The van der Waals surface area contributed by atoms with E-state index in [0.29, 0.717) is 0 Å². The van der Waals surface area contributed by atoms with Gasteiger partial charge in [0.15, 0.2) is 0 Å². The average molecular weight is 213 g/mol. The standard InChI is InChI=1S/C15H19N/c1-2-5-13-10-14(8-7-12(13)4-1)15-6-3-9-16-11-15/h1,3,6,11-14H,2,4-5,7-8,10H2/t12-,13-,14?/m1/s1. The topological polar surface area (TPSA) is 12.9 Å². The van der Waals surface area contributed by atoms with E-state index < -0.39 is 0 Å². The molecular formula is C15H19N. The summed E-state index contributed by atoms with van der Waals surface area (Å²) in [5.41, 5.74) is 1.44. The molecule has 3 rings (SSSR count). The second kappa shape index (κ2) is 4.57. The van der Waals surface area contributed by atoms with Gasteiger partial charge in [0.05, 0.1) is 6.20 Å². The molecule has 2 radical (unpaired) electrons. The maximum absolute atomic E-state index is 4.13. The van der Waals surface area contributed by atoms with Crippen LogP contribution in [-0.2, 0) is 0 Å². The molecule has 2 aliphatic carbocycles. The van der Waals surface area contributed by atoms with Crippen LogP contribution < -0.4 is 0 Å². The summed E-state index contributed by atoms with van der Waals surface area (Å²) in [7, 11) is 0. The zero-order valence-corrected chi connectivity index (χ0v) is 9.73. The maximum Gasteiger partial charge on any atom is 0.0886 e. The first-order chi connectivity index (χ1) is 7.93. The van der Waals surface area contributed by atoms with E-state index in [1.165, 1.54) is 44.1 Å². The van der Waals surface area contributed by atoms with E-state index in [-0.39, 0.29) is 0 Å². The first-order valence-corrected chi connectivity index (χ1v) is 6.57. The Morgan fingerprint density at radius 2 is 2.19 bits per heavy atom. The molecule has 0 aliphatic heterocycles. The van der Waals surface area contributed by atoms with Crippen molar-refractivity contribution in [1.82, 2.24) is 4.98 Å². The van der Waals surface area contributed by atoms with Crippen LogP contribution >= 0.6 is 0 Å². The molecule has 1 aromatic heterocycles. The Labute approximate surface area is 98.3 Å². The molecule has 2 aliphatic rings. The van der Waals surface area contributed by atoms with Gasteiger partial charge in [0.1, 0.15) is 0 Å². The molecule has 2 fully saturated rings. The van der Waals surface area contributed by atoms with Crippen LogP contribution in [0.3, 0.4) is 0 Å². The molecule has 84 valence electrons.